The highest BCUT2D eigenvalue weighted by atomic mass is 16.4. The first kappa shape index (κ1) is 14.9. The van der Waals surface area contributed by atoms with Gasteiger partial charge in [-0.25, -0.2) is 4.79 Å². The normalized spacial score (nSPS) is 11.9. The Kier molecular flexibility index (Phi) is 4.82. The molecule has 0 aromatic heterocycles. The summed E-state index contributed by atoms with van der Waals surface area (Å²) in [6.45, 7) is 2.09. The lowest BCUT2D eigenvalue weighted by Crippen LogP contribution is -2.17. The second-order valence-corrected chi connectivity index (χ2v) is 5.18. The number of aromatic carboxylic acids is 1. The Morgan fingerprint density at radius 3 is 2.57 bits per heavy atom. The molecule has 2 aromatic rings. The van der Waals surface area contributed by atoms with E-state index < -0.39 is 5.97 Å². The Balaban J connectivity index is 1.93. The summed E-state index contributed by atoms with van der Waals surface area (Å²) in [5, 5.41) is 12.2. The zero-order valence-corrected chi connectivity index (χ0v) is 12.0. The molecule has 0 aliphatic heterocycles. The van der Waals surface area contributed by atoms with Crippen molar-refractivity contribution in [2.24, 2.45) is 0 Å². The number of nitrogens with two attached hydrogens (primary N) is 1. The van der Waals surface area contributed by atoms with Crippen molar-refractivity contribution < 1.29 is 9.90 Å². The molecule has 0 amide bonds. The van der Waals surface area contributed by atoms with Gasteiger partial charge in [-0.2, -0.15) is 0 Å². The third-order valence-corrected chi connectivity index (χ3v) is 3.41. The lowest BCUT2D eigenvalue weighted by molar-refractivity contribution is 0.0697. The number of carboxylic acids is 1. The molecule has 4 nitrogen and oxygen atoms in total. The van der Waals surface area contributed by atoms with Gasteiger partial charge in [-0.05, 0) is 43.5 Å². The van der Waals surface area contributed by atoms with Crippen molar-refractivity contribution in [1.82, 2.24) is 0 Å². The van der Waals surface area contributed by atoms with Gasteiger partial charge in [0.2, 0.25) is 0 Å². The third-order valence-electron chi connectivity index (χ3n) is 3.41. The number of carbonyl (C=O) groups is 1. The average Bonchev–Trinajstić information content (AvgIpc) is 2.48. The summed E-state index contributed by atoms with van der Waals surface area (Å²) in [6.07, 6.45) is 1.96. The van der Waals surface area contributed by atoms with Crippen molar-refractivity contribution in [2.45, 2.75) is 25.8 Å². The van der Waals surface area contributed by atoms with Crippen molar-refractivity contribution in [1.29, 1.82) is 0 Å². The number of rotatable bonds is 6. The van der Waals surface area contributed by atoms with Crippen LogP contribution in [-0.4, -0.2) is 17.1 Å². The molecule has 0 spiro atoms. The van der Waals surface area contributed by atoms with Crippen molar-refractivity contribution in [3.05, 3.63) is 59.7 Å². The van der Waals surface area contributed by atoms with Gasteiger partial charge in [0, 0.05) is 6.04 Å². The summed E-state index contributed by atoms with van der Waals surface area (Å²) < 4.78 is 0. The maximum Gasteiger partial charge on any atom is 0.335 e. The molecule has 0 bridgehead atoms. The van der Waals surface area contributed by atoms with Crippen LogP contribution in [0.4, 0.5) is 11.4 Å². The van der Waals surface area contributed by atoms with E-state index in [4.69, 9.17) is 10.8 Å². The van der Waals surface area contributed by atoms with Gasteiger partial charge in [-0.3, -0.25) is 0 Å². The fourth-order valence-electron chi connectivity index (χ4n) is 2.19. The lowest BCUT2D eigenvalue weighted by atomic mass is 10.1. The molecule has 0 saturated carbocycles. The van der Waals surface area contributed by atoms with E-state index in [2.05, 4.69) is 24.4 Å². The summed E-state index contributed by atoms with van der Waals surface area (Å²) in [5.74, 6) is -0.967. The summed E-state index contributed by atoms with van der Waals surface area (Å²) in [7, 11) is 0. The Bertz CT molecular complexity index is 611. The van der Waals surface area contributed by atoms with Crippen molar-refractivity contribution in [2.75, 3.05) is 11.1 Å². The van der Waals surface area contributed by atoms with Crippen LogP contribution in [0.15, 0.2) is 48.5 Å². The fraction of sp³-hybridized carbons (Fsp3) is 0.235. The Morgan fingerprint density at radius 2 is 1.95 bits per heavy atom. The fourth-order valence-corrected chi connectivity index (χ4v) is 2.19. The van der Waals surface area contributed by atoms with Gasteiger partial charge in [-0.15, -0.1) is 0 Å². The molecule has 4 N–H and O–H groups in total. The molecule has 0 unspecified atom stereocenters. The topological polar surface area (TPSA) is 75.3 Å². The van der Waals surface area contributed by atoms with Crippen LogP contribution in [0.2, 0.25) is 0 Å². The second kappa shape index (κ2) is 6.79. The molecule has 21 heavy (non-hydrogen) atoms. The zero-order valence-electron chi connectivity index (χ0n) is 12.0. The smallest absolute Gasteiger partial charge is 0.335 e. The standard InChI is InChI=1S/C17H20N2O2/c1-12(7-8-13-5-3-2-4-6-13)19-16-10-9-14(17(20)21)11-15(16)18/h2-6,9-12,19H,7-8,18H2,1H3,(H,20,21)/t12-/m0/s1. The molecule has 1 atom stereocenters. The van der Waals surface area contributed by atoms with Crippen LogP contribution < -0.4 is 11.1 Å². The largest absolute Gasteiger partial charge is 0.478 e. The molecule has 110 valence electrons. The van der Waals surface area contributed by atoms with Gasteiger partial charge >= 0.3 is 5.97 Å². The van der Waals surface area contributed by atoms with Crippen LogP contribution in [0.25, 0.3) is 0 Å². The minimum absolute atomic E-state index is 0.204. The molecule has 2 aromatic carbocycles. The molecule has 0 aliphatic rings. The Labute approximate surface area is 124 Å². The molecule has 2 rings (SSSR count). The molecule has 0 aliphatic carbocycles. The molecule has 0 saturated heterocycles. The quantitative estimate of drug-likeness (QED) is 0.711. The third kappa shape index (κ3) is 4.24. The molecular formula is C17H20N2O2. The van der Waals surface area contributed by atoms with Crippen LogP contribution in [0.1, 0.15) is 29.3 Å². The molecule has 0 radical (unpaired) electrons. The van der Waals surface area contributed by atoms with E-state index in [0.29, 0.717) is 5.69 Å². The highest BCUT2D eigenvalue weighted by Crippen LogP contribution is 2.21. The molecule has 4 heteroatoms. The number of aryl methyl sites for hydroxylation is 1. The maximum atomic E-state index is 10.9. The van der Waals surface area contributed by atoms with E-state index in [-0.39, 0.29) is 11.6 Å². The van der Waals surface area contributed by atoms with E-state index in [9.17, 15) is 4.79 Å². The zero-order chi connectivity index (χ0) is 15.2. The van der Waals surface area contributed by atoms with Gasteiger partial charge in [0.15, 0.2) is 0 Å². The maximum absolute atomic E-state index is 10.9. The van der Waals surface area contributed by atoms with Gasteiger partial charge in [-0.1, -0.05) is 30.3 Å². The van der Waals surface area contributed by atoms with Crippen molar-refractivity contribution in [3.8, 4) is 0 Å². The van der Waals surface area contributed by atoms with Gasteiger partial charge in [0.1, 0.15) is 0 Å². The summed E-state index contributed by atoms with van der Waals surface area (Å²) in [5.41, 5.74) is 8.64. The van der Waals surface area contributed by atoms with Gasteiger partial charge in [0.05, 0.1) is 16.9 Å². The first-order valence-electron chi connectivity index (χ1n) is 6.99. The van der Waals surface area contributed by atoms with Crippen LogP contribution in [-0.2, 0) is 6.42 Å². The minimum atomic E-state index is -0.967. The molecule has 0 fully saturated rings. The monoisotopic (exact) mass is 284 g/mol. The number of anilines is 2. The summed E-state index contributed by atoms with van der Waals surface area (Å²) >= 11 is 0. The minimum Gasteiger partial charge on any atom is -0.478 e. The Hall–Kier alpha value is -2.49. The average molecular weight is 284 g/mol. The summed E-state index contributed by atoms with van der Waals surface area (Å²) in [6, 6.07) is 15.3. The SMILES string of the molecule is C[C@@H](CCc1ccccc1)Nc1ccc(C(=O)O)cc1N. The molecule has 0 heterocycles. The number of nitrogens with one attached hydrogen (secondary N) is 1. The number of carboxylic acid groups (broad SMARTS) is 1. The van der Waals surface area contributed by atoms with Gasteiger partial charge < -0.3 is 16.2 Å². The van der Waals surface area contributed by atoms with Crippen molar-refractivity contribution in [3.63, 3.8) is 0 Å². The highest BCUT2D eigenvalue weighted by molar-refractivity contribution is 5.90. The predicted molar refractivity (Wildman–Crippen MR) is 85.7 cm³/mol. The van der Waals surface area contributed by atoms with Crippen LogP contribution in [0.5, 0.6) is 0 Å². The van der Waals surface area contributed by atoms with E-state index in [0.717, 1.165) is 18.5 Å². The predicted octanol–water partition coefficient (Wildman–Crippen LogP) is 3.40. The van der Waals surface area contributed by atoms with Gasteiger partial charge in [0.25, 0.3) is 0 Å². The molecular weight excluding hydrogens is 264 g/mol. The van der Waals surface area contributed by atoms with Crippen molar-refractivity contribution >= 4 is 17.3 Å². The van der Waals surface area contributed by atoms with Crippen LogP contribution >= 0.6 is 0 Å². The van der Waals surface area contributed by atoms with E-state index in [1.807, 2.05) is 18.2 Å². The summed E-state index contributed by atoms with van der Waals surface area (Å²) in [4.78, 5) is 10.9. The Morgan fingerprint density at radius 1 is 1.24 bits per heavy atom. The van der Waals surface area contributed by atoms with E-state index >= 15 is 0 Å². The van der Waals surface area contributed by atoms with E-state index in [1.54, 1.807) is 12.1 Å². The highest BCUT2D eigenvalue weighted by Gasteiger charge is 2.08. The first-order chi connectivity index (χ1) is 10.1. The number of hydrogen-bond donors (Lipinski definition) is 3. The first-order valence-corrected chi connectivity index (χ1v) is 6.99. The van der Waals surface area contributed by atoms with Crippen LogP contribution in [0, 0.1) is 0 Å². The van der Waals surface area contributed by atoms with E-state index in [1.165, 1.54) is 11.6 Å². The second-order valence-electron chi connectivity index (χ2n) is 5.18. The number of hydrogen-bond acceptors (Lipinski definition) is 3. The number of benzene rings is 2. The lowest BCUT2D eigenvalue weighted by Gasteiger charge is -2.17. The number of nitrogen functional groups attached to an aromatic ring is 1. The van der Waals surface area contributed by atoms with Crippen LogP contribution in [0.3, 0.4) is 0 Å².